The molecule has 0 aromatic heterocycles. The summed E-state index contributed by atoms with van der Waals surface area (Å²) in [5.74, 6) is -0.353. The van der Waals surface area contributed by atoms with Crippen LogP contribution in [0.1, 0.15) is 5.56 Å². The molecule has 0 bridgehead atoms. The molecule has 2 rings (SSSR count). The number of nitrogens with zero attached hydrogens (tertiary/aromatic N) is 2. The molecule has 1 aromatic rings. The Balaban J connectivity index is 2.26. The molecule has 0 aliphatic carbocycles. The van der Waals surface area contributed by atoms with Crippen molar-refractivity contribution in [1.29, 1.82) is 0 Å². The minimum absolute atomic E-state index is 0.353. The zero-order valence-corrected chi connectivity index (χ0v) is 10.1. The minimum atomic E-state index is -0.353. The van der Waals surface area contributed by atoms with Crippen molar-refractivity contribution in [1.82, 2.24) is 5.53 Å². The molecule has 1 aromatic carbocycles. The number of benzene rings is 1. The highest BCUT2D eigenvalue weighted by Crippen LogP contribution is 2.32. The Morgan fingerprint density at radius 3 is 2.71 bits per heavy atom. The Labute approximate surface area is 100 Å². The summed E-state index contributed by atoms with van der Waals surface area (Å²) in [6.07, 6.45) is 3.14. The van der Waals surface area contributed by atoms with Crippen molar-refractivity contribution < 1.29 is 9.53 Å². The number of methoxy groups -OCH3 is 1. The van der Waals surface area contributed by atoms with Gasteiger partial charge < -0.3 is 4.74 Å². The number of ether oxygens (including phenoxy) is 1. The lowest BCUT2D eigenvalue weighted by Crippen LogP contribution is -2.39. The monoisotopic (exact) mass is 233 g/mol. The van der Waals surface area contributed by atoms with Crippen LogP contribution in [0.2, 0.25) is 0 Å². The van der Waals surface area contributed by atoms with Crippen molar-refractivity contribution in [3.8, 4) is 0 Å². The number of hydrogen-bond donors (Lipinski definition) is 1. The minimum Gasteiger partial charge on any atom is -0.466 e. The van der Waals surface area contributed by atoms with Crippen LogP contribution < -0.4 is 15.6 Å². The lowest BCUT2D eigenvalue weighted by Gasteiger charge is -2.13. The predicted molar refractivity (Wildman–Crippen MR) is 67.4 cm³/mol. The zero-order chi connectivity index (χ0) is 12.4. The molecule has 1 heterocycles. The Morgan fingerprint density at radius 2 is 2.00 bits per heavy atom. The lowest BCUT2D eigenvalue weighted by atomic mass is 10.1. The maximum Gasteiger partial charge on any atom is 0.330 e. The van der Waals surface area contributed by atoms with E-state index in [0.717, 1.165) is 16.9 Å². The molecule has 1 aliphatic rings. The fourth-order valence-electron chi connectivity index (χ4n) is 1.76. The van der Waals surface area contributed by atoms with Gasteiger partial charge in [-0.15, -0.1) is 5.53 Å². The number of carbonyl (C=O) groups excluding carboxylic acids is 1. The van der Waals surface area contributed by atoms with Crippen molar-refractivity contribution >= 4 is 23.4 Å². The Bertz CT molecular complexity index is 471. The van der Waals surface area contributed by atoms with Crippen LogP contribution >= 0.6 is 0 Å². The molecule has 0 spiro atoms. The summed E-state index contributed by atoms with van der Waals surface area (Å²) in [7, 11) is 5.25. The van der Waals surface area contributed by atoms with Crippen molar-refractivity contribution in [2.24, 2.45) is 0 Å². The van der Waals surface area contributed by atoms with Gasteiger partial charge in [-0.1, -0.05) is 6.07 Å². The number of rotatable bonds is 2. The van der Waals surface area contributed by atoms with Crippen LogP contribution in [0, 0.1) is 0 Å². The predicted octanol–water partition coefficient (Wildman–Crippen LogP) is 1.18. The fraction of sp³-hybridized carbons (Fsp3) is 0.250. The molecule has 5 heteroatoms. The van der Waals surface area contributed by atoms with Crippen LogP contribution in [0.15, 0.2) is 24.3 Å². The van der Waals surface area contributed by atoms with Gasteiger partial charge in [-0.3, -0.25) is 10.0 Å². The standard InChI is InChI=1S/C12H15N3O2/c1-14-10-6-4-9(5-7-12(16)17-3)8-11(10)15(2)13-14/h4-8,13H,1-3H3. The lowest BCUT2D eigenvalue weighted by molar-refractivity contribution is -0.134. The van der Waals surface area contributed by atoms with Gasteiger partial charge in [-0.2, -0.15) is 0 Å². The van der Waals surface area contributed by atoms with Gasteiger partial charge in [0.15, 0.2) is 0 Å². The van der Waals surface area contributed by atoms with Gasteiger partial charge in [0.05, 0.1) is 18.5 Å². The number of anilines is 2. The summed E-state index contributed by atoms with van der Waals surface area (Å²) in [5.41, 5.74) is 6.26. The zero-order valence-electron chi connectivity index (χ0n) is 10.1. The molecular formula is C12H15N3O2. The first-order chi connectivity index (χ1) is 8.11. The van der Waals surface area contributed by atoms with Gasteiger partial charge in [0.2, 0.25) is 0 Å². The van der Waals surface area contributed by atoms with Crippen molar-refractivity contribution in [2.45, 2.75) is 0 Å². The van der Waals surface area contributed by atoms with E-state index in [1.54, 1.807) is 6.08 Å². The molecule has 0 radical (unpaired) electrons. The number of fused-ring (bicyclic) bond motifs is 1. The highest BCUT2D eigenvalue weighted by atomic mass is 16.5. The molecule has 0 unspecified atom stereocenters. The van der Waals surface area contributed by atoms with E-state index in [0.29, 0.717) is 0 Å². The molecule has 1 aliphatic heterocycles. The molecule has 17 heavy (non-hydrogen) atoms. The van der Waals surface area contributed by atoms with Gasteiger partial charge in [0, 0.05) is 20.2 Å². The second kappa shape index (κ2) is 4.47. The van der Waals surface area contributed by atoms with Gasteiger partial charge >= 0.3 is 5.97 Å². The Hall–Kier alpha value is -2.01. The highest BCUT2D eigenvalue weighted by molar-refractivity contribution is 5.87. The molecule has 0 saturated carbocycles. The van der Waals surface area contributed by atoms with Crippen LogP contribution in [0.4, 0.5) is 11.4 Å². The molecule has 1 N–H and O–H groups in total. The normalized spacial score (nSPS) is 14.3. The van der Waals surface area contributed by atoms with Crippen molar-refractivity contribution in [3.05, 3.63) is 29.8 Å². The third-order valence-corrected chi connectivity index (χ3v) is 2.64. The first kappa shape index (κ1) is 11.5. The number of nitrogens with one attached hydrogen (secondary N) is 1. The molecular weight excluding hydrogens is 218 g/mol. The first-order valence-corrected chi connectivity index (χ1v) is 5.25. The number of hydrazine groups is 2. The van der Waals surface area contributed by atoms with Crippen LogP contribution in [-0.4, -0.2) is 27.2 Å². The van der Waals surface area contributed by atoms with E-state index in [4.69, 9.17) is 0 Å². The number of esters is 1. The first-order valence-electron chi connectivity index (χ1n) is 5.25. The van der Waals surface area contributed by atoms with E-state index in [-0.39, 0.29) is 5.97 Å². The Morgan fingerprint density at radius 1 is 1.29 bits per heavy atom. The summed E-state index contributed by atoms with van der Waals surface area (Å²) < 4.78 is 4.55. The van der Waals surface area contributed by atoms with Gasteiger partial charge in [0.25, 0.3) is 0 Å². The largest absolute Gasteiger partial charge is 0.466 e. The molecule has 5 nitrogen and oxygen atoms in total. The third kappa shape index (κ3) is 2.24. The van der Waals surface area contributed by atoms with Gasteiger partial charge in [-0.05, 0) is 23.8 Å². The smallest absolute Gasteiger partial charge is 0.330 e. The van der Waals surface area contributed by atoms with E-state index < -0.39 is 0 Å². The van der Waals surface area contributed by atoms with E-state index >= 15 is 0 Å². The molecule has 0 atom stereocenters. The SMILES string of the molecule is COC(=O)C=Cc1ccc2c(c1)N(C)NN2C. The van der Waals surface area contributed by atoms with Crippen molar-refractivity contribution in [2.75, 3.05) is 31.2 Å². The van der Waals surface area contributed by atoms with E-state index in [1.807, 2.05) is 42.3 Å². The fourth-order valence-corrected chi connectivity index (χ4v) is 1.76. The Kier molecular flexibility index (Phi) is 3.01. The highest BCUT2D eigenvalue weighted by Gasteiger charge is 2.19. The van der Waals surface area contributed by atoms with Crippen LogP contribution in [0.5, 0.6) is 0 Å². The van der Waals surface area contributed by atoms with Crippen LogP contribution in [-0.2, 0) is 9.53 Å². The quantitative estimate of drug-likeness (QED) is 0.614. The maximum absolute atomic E-state index is 11.0. The summed E-state index contributed by atoms with van der Waals surface area (Å²) in [6, 6.07) is 5.96. The van der Waals surface area contributed by atoms with Gasteiger partial charge in [-0.25, -0.2) is 4.79 Å². The summed E-state index contributed by atoms with van der Waals surface area (Å²) in [6.45, 7) is 0. The van der Waals surface area contributed by atoms with E-state index in [1.165, 1.54) is 13.2 Å². The summed E-state index contributed by atoms with van der Waals surface area (Å²) in [4.78, 5) is 11.0. The molecule has 0 amide bonds. The van der Waals surface area contributed by atoms with E-state index in [9.17, 15) is 4.79 Å². The maximum atomic E-state index is 11.0. The molecule has 0 fully saturated rings. The topological polar surface area (TPSA) is 44.8 Å². The number of hydrogen-bond acceptors (Lipinski definition) is 5. The second-order valence-electron chi connectivity index (χ2n) is 3.82. The number of carbonyl (C=O) groups is 1. The average molecular weight is 233 g/mol. The van der Waals surface area contributed by atoms with Gasteiger partial charge in [0.1, 0.15) is 0 Å². The molecule has 90 valence electrons. The van der Waals surface area contributed by atoms with Crippen LogP contribution in [0.25, 0.3) is 6.08 Å². The third-order valence-electron chi connectivity index (χ3n) is 2.64. The van der Waals surface area contributed by atoms with Crippen molar-refractivity contribution in [3.63, 3.8) is 0 Å². The second-order valence-corrected chi connectivity index (χ2v) is 3.82. The molecule has 0 saturated heterocycles. The summed E-state index contributed by atoms with van der Waals surface area (Å²) >= 11 is 0. The average Bonchev–Trinajstić information content (AvgIpc) is 2.62. The summed E-state index contributed by atoms with van der Waals surface area (Å²) in [5, 5.41) is 3.86. The van der Waals surface area contributed by atoms with Crippen LogP contribution in [0.3, 0.4) is 0 Å². The van der Waals surface area contributed by atoms with E-state index in [2.05, 4.69) is 10.3 Å².